The first-order chi connectivity index (χ1) is 15.6. The van der Waals surface area contributed by atoms with E-state index in [1.807, 2.05) is 6.07 Å². The summed E-state index contributed by atoms with van der Waals surface area (Å²) in [5.41, 5.74) is -1.79. The molecule has 0 unspecified atom stereocenters. The average molecular weight is 464 g/mol. The van der Waals surface area contributed by atoms with Gasteiger partial charge in [0.1, 0.15) is 23.1 Å². The lowest BCUT2D eigenvalue weighted by molar-refractivity contribution is -0.140. The molecule has 2 aromatic heterocycles. The summed E-state index contributed by atoms with van der Waals surface area (Å²) in [4.78, 5) is 7.00. The van der Waals surface area contributed by atoms with Crippen molar-refractivity contribution in [3.8, 4) is 11.3 Å². The van der Waals surface area contributed by atoms with E-state index < -0.39 is 28.9 Å². The number of hydrogen-bond donors (Lipinski definition) is 0. The second-order valence-electron chi connectivity index (χ2n) is 9.29. The third kappa shape index (κ3) is 3.47. The number of pyridine rings is 1. The molecule has 0 bridgehead atoms. The Hall–Kier alpha value is -2.71. The van der Waals surface area contributed by atoms with Gasteiger partial charge < -0.3 is 4.90 Å². The van der Waals surface area contributed by atoms with E-state index in [-0.39, 0.29) is 16.8 Å². The lowest BCUT2D eigenvalue weighted by Crippen LogP contribution is -2.45. The predicted molar refractivity (Wildman–Crippen MR) is 116 cm³/mol. The molecular formula is C24H25F5N4. The van der Waals surface area contributed by atoms with Gasteiger partial charge in [-0.05, 0) is 38.7 Å². The Balaban J connectivity index is 1.62. The number of fused-ring (bicyclic) bond motifs is 1. The molecule has 1 spiro atoms. The molecule has 0 amide bonds. The van der Waals surface area contributed by atoms with Crippen LogP contribution in [0.15, 0.2) is 18.3 Å². The van der Waals surface area contributed by atoms with Gasteiger partial charge in [0.05, 0.1) is 11.1 Å². The molecule has 1 aromatic carbocycles. The third-order valence-corrected chi connectivity index (χ3v) is 7.36. The minimum absolute atomic E-state index is 0.0199. The Kier molecular flexibility index (Phi) is 5.14. The van der Waals surface area contributed by atoms with Crippen LogP contribution in [0.5, 0.6) is 0 Å². The van der Waals surface area contributed by atoms with Crippen molar-refractivity contribution in [2.45, 2.75) is 63.6 Å². The maximum absolute atomic E-state index is 14.9. The Morgan fingerprint density at radius 3 is 2.36 bits per heavy atom. The molecule has 9 heteroatoms. The fourth-order valence-corrected chi connectivity index (χ4v) is 5.66. The van der Waals surface area contributed by atoms with E-state index in [1.165, 1.54) is 23.9 Å². The molecule has 3 aromatic rings. The van der Waals surface area contributed by atoms with Gasteiger partial charge in [-0.2, -0.15) is 18.3 Å². The molecule has 0 atom stereocenters. The van der Waals surface area contributed by atoms with Gasteiger partial charge in [0.15, 0.2) is 0 Å². The first kappa shape index (κ1) is 22.1. The van der Waals surface area contributed by atoms with Crippen LogP contribution >= 0.6 is 0 Å². The first-order valence-electron chi connectivity index (χ1n) is 11.3. The first-order valence-corrected chi connectivity index (χ1v) is 11.3. The van der Waals surface area contributed by atoms with E-state index in [9.17, 15) is 22.0 Å². The standard InChI is InChI=1S/C24H25F5N4/c1-14-20(25)15(11-17(21(14)26)24(27,28)29)22-16-13-30-19(12-18(16)32(2)31-22)33-10-6-9-23(33)7-4-3-5-8-23/h11-13H,3-10H2,1-2H3. The Labute approximate surface area is 188 Å². The van der Waals surface area contributed by atoms with E-state index in [0.717, 1.165) is 45.0 Å². The largest absolute Gasteiger partial charge is 0.419 e. The van der Waals surface area contributed by atoms with Crippen molar-refractivity contribution in [3.05, 3.63) is 41.1 Å². The molecule has 0 N–H and O–H groups in total. The minimum atomic E-state index is -4.95. The van der Waals surface area contributed by atoms with Crippen molar-refractivity contribution >= 4 is 16.7 Å². The summed E-state index contributed by atoms with van der Waals surface area (Å²) in [6, 6.07) is 2.39. The van der Waals surface area contributed by atoms with Gasteiger partial charge in [0.25, 0.3) is 0 Å². The van der Waals surface area contributed by atoms with Crippen LogP contribution < -0.4 is 4.90 Å². The summed E-state index contributed by atoms with van der Waals surface area (Å²) in [5, 5.41) is 4.74. The summed E-state index contributed by atoms with van der Waals surface area (Å²) in [6.07, 6.45) is 4.71. The average Bonchev–Trinajstić information content (AvgIpc) is 3.32. The molecule has 2 fully saturated rings. The van der Waals surface area contributed by atoms with Crippen LogP contribution in [0.1, 0.15) is 56.1 Å². The highest BCUT2D eigenvalue weighted by Crippen LogP contribution is 2.44. The highest BCUT2D eigenvalue weighted by atomic mass is 19.4. The van der Waals surface area contributed by atoms with E-state index >= 15 is 0 Å². The van der Waals surface area contributed by atoms with Gasteiger partial charge in [0, 0.05) is 47.9 Å². The molecule has 5 rings (SSSR count). The second-order valence-corrected chi connectivity index (χ2v) is 9.29. The van der Waals surface area contributed by atoms with Crippen LogP contribution in [0.3, 0.4) is 0 Å². The number of anilines is 1. The summed E-state index contributed by atoms with van der Waals surface area (Å²) in [5.74, 6) is -1.84. The number of benzene rings is 1. The van der Waals surface area contributed by atoms with Gasteiger partial charge in [-0.15, -0.1) is 0 Å². The van der Waals surface area contributed by atoms with Crippen LogP contribution in [-0.2, 0) is 13.2 Å². The highest BCUT2D eigenvalue weighted by molar-refractivity contribution is 5.94. The molecule has 1 saturated carbocycles. The molecule has 0 radical (unpaired) electrons. The number of rotatable bonds is 2. The van der Waals surface area contributed by atoms with Gasteiger partial charge in [-0.25, -0.2) is 13.8 Å². The van der Waals surface area contributed by atoms with Crippen LogP contribution in [0.25, 0.3) is 22.2 Å². The van der Waals surface area contributed by atoms with E-state index in [4.69, 9.17) is 0 Å². The smallest absolute Gasteiger partial charge is 0.351 e. The van der Waals surface area contributed by atoms with Gasteiger partial charge in [-0.1, -0.05) is 19.3 Å². The molecule has 33 heavy (non-hydrogen) atoms. The number of hydrogen-bond acceptors (Lipinski definition) is 3. The molecule has 1 aliphatic heterocycles. The molecule has 176 valence electrons. The summed E-state index contributed by atoms with van der Waals surface area (Å²) < 4.78 is 70.7. The molecule has 3 heterocycles. The SMILES string of the molecule is Cc1c(F)c(-c2nn(C)c3cc(N4CCCC45CCCCC5)ncc23)cc(C(F)(F)F)c1F. The number of aryl methyl sites for hydroxylation is 1. The molecular weight excluding hydrogens is 439 g/mol. The number of aromatic nitrogens is 3. The summed E-state index contributed by atoms with van der Waals surface area (Å²) >= 11 is 0. The topological polar surface area (TPSA) is 34.0 Å². The minimum Gasteiger partial charge on any atom is -0.351 e. The normalized spacial score (nSPS) is 18.6. The van der Waals surface area contributed by atoms with E-state index in [2.05, 4.69) is 15.0 Å². The lowest BCUT2D eigenvalue weighted by atomic mass is 9.80. The zero-order valence-corrected chi connectivity index (χ0v) is 18.6. The quantitative estimate of drug-likeness (QED) is 0.404. The van der Waals surface area contributed by atoms with Gasteiger partial charge >= 0.3 is 6.18 Å². The van der Waals surface area contributed by atoms with Crippen molar-refractivity contribution in [1.82, 2.24) is 14.8 Å². The van der Waals surface area contributed by atoms with Crippen LogP contribution in [0, 0.1) is 18.6 Å². The fraction of sp³-hybridized carbons (Fsp3) is 0.500. The molecule has 1 aliphatic carbocycles. The summed E-state index contributed by atoms with van der Waals surface area (Å²) in [7, 11) is 1.66. The van der Waals surface area contributed by atoms with Crippen LogP contribution in [0.4, 0.5) is 27.8 Å². The summed E-state index contributed by atoms with van der Waals surface area (Å²) in [6.45, 7) is 1.91. The zero-order valence-electron chi connectivity index (χ0n) is 18.6. The van der Waals surface area contributed by atoms with Crippen LogP contribution in [0.2, 0.25) is 0 Å². The Morgan fingerprint density at radius 2 is 1.67 bits per heavy atom. The lowest BCUT2D eigenvalue weighted by Gasteiger charge is -2.42. The van der Waals surface area contributed by atoms with Crippen molar-refractivity contribution in [3.63, 3.8) is 0 Å². The molecule has 1 saturated heterocycles. The highest BCUT2D eigenvalue weighted by Gasteiger charge is 2.42. The zero-order chi connectivity index (χ0) is 23.5. The van der Waals surface area contributed by atoms with Crippen molar-refractivity contribution < 1.29 is 22.0 Å². The van der Waals surface area contributed by atoms with Crippen molar-refractivity contribution in [1.29, 1.82) is 0 Å². The Morgan fingerprint density at radius 1 is 0.970 bits per heavy atom. The van der Waals surface area contributed by atoms with E-state index in [0.29, 0.717) is 17.0 Å². The predicted octanol–water partition coefficient (Wildman–Crippen LogP) is 6.54. The van der Waals surface area contributed by atoms with Gasteiger partial charge in [-0.3, -0.25) is 4.68 Å². The monoisotopic (exact) mass is 464 g/mol. The van der Waals surface area contributed by atoms with E-state index in [1.54, 1.807) is 13.2 Å². The van der Waals surface area contributed by atoms with Crippen molar-refractivity contribution in [2.24, 2.45) is 7.05 Å². The number of halogens is 5. The maximum atomic E-state index is 14.9. The number of alkyl halides is 3. The van der Waals surface area contributed by atoms with Crippen molar-refractivity contribution in [2.75, 3.05) is 11.4 Å². The third-order valence-electron chi connectivity index (χ3n) is 7.36. The van der Waals surface area contributed by atoms with Crippen LogP contribution in [-0.4, -0.2) is 26.8 Å². The number of nitrogens with zero attached hydrogens (tertiary/aromatic N) is 4. The Bertz CT molecular complexity index is 1220. The maximum Gasteiger partial charge on any atom is 0.419 e. The van der Waals surface area contributed by atoms with Gasteiger partial charge in [0.2, 0.25) is 0 Å². The molecule has 2 aliphatic rings. The fourth-order valence-electron chi connectivity index (χ4n) is 5.66. The second kappa shape index (κ2) is 7.67. The molecule has 4 nitrogen and oxygen atoms in total.